The third-order valence-corrected chi connectivity index (χ3v) is 3.55. The van der Waals surface area contributed by atoms with Crippen LogP contribution in [0.1, 0.15) is 32.3 Å². The zero-order valence-corrected chi connectivity index (χ0v) is 10.9. The molecule has 2 heteroatoms. The summed E-state index contributed by atoms with van der Waals surface area (Å²) in [6.07, 6.45) is 2.42. The highest BCUT2D eigenvalue weighted by molar-refractivity contribution is 5.23. The van der Waals surface area contributed by atoms with Crippen LogP contribution in [-0.4, -0.2) is 25.8 Å². The molecule has 0 bridgehead atoms. The van der Waals surface area contributed by atoms with E-state index in [4.69, 9.17) is 4.74 Å². The molecular weight excluding hydrogens is 210 g/mol. The second kappa shape index (κ2) is 5.65. The number of hydrogen-bond donors (Lipinski definition) is 1. The van der Waals surface area contributed by atoms with Gasteiger partial charge in [0.05, 0.1) is 6.61 Å². The Bertz CT molecular complexity index is 328. The monoisotopic (exact) mass is 233 g/mol. The average Bonchev–Trinajstić information content (AvgIpc) is 2.39. The summed E-state index contributed by atoms with van der Waals surface area (Å²) in [6, 6.07) is 11.2. The van der Waals surface area contributed by atoms with E-state index in [9.17, 15) is 0 Å². The minimum atomic E-state index is 0.179. The molecule has 1 saturated heterocycles. The van der Waals surface area contributed by atoms with Gasteiger partial charge in [0.25, 0.3) is 0 Å². The summed E-state index contributed by atoms with van der Waals surface area (Å²) in [4.78, 5) is 0. The Labute approximate surface area is 104 Å². The molecule has 1 atom stereocenters. The lowest BCUT2D eigenvalue weighted by molar-refractivity contribution is 0.0688. The Morgan fingerprint density at radius 1 is 1.29 bits per heavy atom. The molecule has 1 unspecified atom stereocenters. The van der Waals surface area contributed by atoms with Crippen molar-refractivity contribution in [3.05, 3.63) is 35.9 Å². The van der Waals surface area contributed by atoms with Crippen molar-refractivity contribution in [2.45, 2.75) is 38.1 Å². The fourth-order valence-corrected chi connectivity index (χ4v) is 2.29. The Kier molecular flexibility index (Phi) is 4.19. The van der Waals surface area contributed by atoms with E-state index in [1.54, 1.807) is 0 Å². The Balaban J connectivity index is 1.88. The van der Waals surface area contributed by atoms with Crippen molar-refractivity contribution < 1.29 is 4.74 Å². The van der Waals surface area contributed by atoms with E-state index in [0.717, 1.165) is 19.8 Å². The van der Waals surface area contributed by atoms with Gasteiger partial charge in [0, 0.05) is 24.6 Å². The van der Waals surface area contributed by atoms with Crippen LogP contribution in [0.2, 0.25) is 0 Å². The Hall–Kier alpha value is -0.860. The smallest absolute Gasteiger partial charge is 0.0619 e. The number of benzene rings is 1. The molecule has 1 fully saturated rings. The SMILES string of the molecule is CC(C)(CNC1CCCOC1)c1ccccc1. The first-order valence-electron chi connectivity index (χ1n) is 6.55. The Morgan fingerprint density at radius 2 is 2.06 bits per heavy atom. The van der Waals surface area contributed by atoms with Gasteiger partial charge in [-0.25, -0.2) is 0 Å². The van der Waals surface area contributed by atoms with Gasteiger partial charge >= 0.3 is 0 Å². The number of rotatable bonds is 4. The van der Waals surface area contributed by atoms with Crippen molar-refractivity contribution >= 4 is 0 Å². The summed E-state index contributed by atoms with van der Waals surface area (Å²) in [5, 5.41) is 3.64. The van der Waals surface area contributed by atoms with Gasteiger partial charge < -0.3 is 10.1 Å². The lowest BCUT2D eigenvalue weighted by Gasteiger charge is -2.30. The van der Waals surface area contributed by atoms with E-state index >= 15 is 0 Å². The van der Waals surface area contributed by atoms with Crippen LogP contribution >= 0.6 is 0 Å². The normalized spacial score (nSPS) is 21.4. The van der Waals surface area contributed by atoms with Gasteiger partial charge in [-0.3, -0.25) is 0 Å². The van der Waals surface area contributed by atoms with Crippen LogP contribution in [0.4, 0.5) is 0 Å². The van der Waals surface area contributed by atoms with Crippen LogP contribution in [0.3, 0.4) is 0 Å². The second-order valence-electron chi connectivity index (χ2n) is 5.54. The van der Waals surface area contributed by atoms with Crippen LogP contribution in [0, 0.1) is 0 Å². The molecule has 0 radical (unpaired) electrons. The highest BCUT2D eigenvalue weighted by Gasteiger charge is 2.22. The predicted molar refractivity (Wildman–Crippen MR) is 71.3 cm³/mol. The maximum Gasteiger partial charge on any atom is 0.0619 e. The number of nitrogens with one attached hydrogen (secondary N) is 1. The number of hydrogen-bond acceptors (Lipinski definition) is 2. The molecular formula is C15H23NO. The molecule has 17 heavy (non-hydrogen) atoms. The van der Waals surface area contributed by atoms with Crippen LogP contribution in [-0.2, 0) is 10.2 Å². The van der Waals surface area contributed by atoms with E-state index in [0.29, 0.717) is 6.04 Å². The van der Waals surface area contributed by atoms with Crippen molar-refractivity contribution in [3.8, 4) is 0 Å². The van der Waals surface area contributed by atoms with Gasteiger partial charge in [-0.1, -0.05) is 44.2 Å². The molecule has 1 N–H and O–H groups in total. The van der Waals surface area contributed by atoms with Crippen molar-refractivity contribution in [1.82, 2.24) is 5.32 Å². The molecule has 1 aromatic rings. The largest absolute Gasteiger partial charge is 0.380 e. The van der Waals surface area contributed by atoms with Gasteiger partial charge in [-0.15, -0.1) is 0 Å². The highest BCUT2D eigenvalue weighted by atomic mass is 16.5. The van der Waals surface area contributed by atoms with Crippen molar-refractivity contribution in [3.63, 3.8) is 0 Å². The summed E-state index contributed by atoms with van der Waals surface area (Å²) in [6.45, 7) is 7.38. The van der Waals surface area contributed by atoms with E-state index in [1.807, 2.05) is 0 Å². The van der Waals surface area contributed by atoms with Crippen LogP contribution < -0.4 is 5.32 Å². The first-order valence-corrected chi connectivity index (χ1v) is 6.55. The van der Waals surface area contributed by atoms with E-state index in [1.165, 1.54) is 18.4 Å². The first kappa shape index (κ1) is 12.6. The molecule has 2 nitrogen and oxygen atoms in total. The zero-order chi connectivity index (χ0) is 12.1. The fourth-order valence-electron chi connectivity index (χ4n) is 2.29. The highest BCUT2D eigenvalue weighted by Crippen LogP contribution is 2.22. The second-order valence-corrected chi connectivity index (χ2v) is 5.54. The van der Waals surface area contributed by atoms with Gasteiger partial charge in [-0.2, -0.15) is 0 Å². The molecule has 1 aliphatic heterocycles. The molecule has 0 amide bonds. The molecule has 2 rings (SSSR count). The zero-order valence-electron chi connectivity index (χ0n) is 10.9. The summed E-state index contributed by atoms with van der Waals surface area (Å²) in [5.41, 5.74) is 1.57. The van der Waals surface area contributed by atoms with Crippen LogP contribution in [0.5, 0.6) is 0 Å². The molecule has 0 saturated carbocycles. The van der Waals surface area contributed by atoms with E-state index in [-0.39, 0.29) is 5.41 Å². The van der Waals surface area contributed by atoms with Gasteiger partial charge in [0.1, 0.15) is 0 Å². The number of ether oxygens (including phenoxy) is 1. The Morgan fingerprint density at radius 3 is 2.71 bits per heavy atom. The maximum atomic E-state index is 5.49. The van der Waals surface area contributed by atoms with Crippen molar-refractivity contribution in [2.75, 3.05) is 19.8 Å². The minimum Gasteiger partial charge on any atom is -0.380 e. The topological polar surface area (TPSA) is 21.3 Å². The quantitative estimate of drug-likeness (QED) is 0.863. The molecule has 0 aliphatic carbocycles. The summed E-state index contributed by atoms with van der Waals surface area (Å²) >= 11 is 0. The molecule has 0 spiro atoms. The van der Waals surface area contributed by atoms with Crippen LogP contribution in [0.25, 0.3) is 0 Å². The summed E-state index contributed by atoms with van der Waals surface area (Å²) in [5.74, 6) is 0. The van der Waals surface area contributed by atoms with E-state index in [2.05, 4.69) is 49.5 Å². The molecule has 94 valence electrons. The summed E-state index contributed by atoms with van der Waals surface area (Å²) < 4.78 is 5.49. The predicted octanol–water partition coefficient (Wildman–Crippen LogP) is 2.73. The molecule has 1 aliphatic rings. The van der Waals surface area contributed by atoms with Crippen molar-refractivity contribution in [2.24, 2.45) is 0 Å². The summed E-state index contributed by atoms with van der Waals surface area (Å²) in [7, 11) is 0. The third kappa shape index (κ3) is 3.55. The van der Waals surface area contributed by atoms with E-state index < -0.39 is 0 Å². The van der Waals surface area contributed by atoms with Crippen molar-refractivity contribution in [1.29, 1.82) is 0 Å². The lowest BCUT2D eigenvalue weighted by atomic mass is 9.84. The maximum absolute atomic E-state index is 5.49. The van der Waals surface area contributed by atoms with Crippen LogP contribution in [0.15, 0.2) is 30.3 Å². The first-order chi connectivity index (χ1) is 8.18. The third-order valence-electron chi connectivity index (χ3n) is 3.55. The molecule has 1 heterocycles. The van der Waals surface area contributed by atoms with Gasteiger partial charge in [0.15, 0.2) is 0 Å². The molecule has 0 aromatic heterocycles. The molecule has 1 aromatic carbocycles. The standard InChI is InChI=1S/C15H23NO/c1-15(2,13-7-4-3-5-8-13)12-16-14-9-6-10-17-11-14/h3-5,7-8,14,16H,6,9-12H2,1-2H3. The fraction of sp³-hybridized carbons (Fsp3) is 0.600. The van der Waals surface area contributed by atoms with Gasteiger partial charge in [-0.05, 0) is 18.4 Å². The minimum absolute atomic E-state index is 0.179. The van der Waals surface area contributed by atoms with Gasteiger partial charge in [0.2, 0.25) is 0 Å². The lowest BCUT2D eigenvalue weighted by Crippen LogP contribution is -2.43. The average molecular weight is 233 g/mol.